The van der Waals surface area contributed by atoms with Crippen molar-refractivity contribution in [3.05, 3.63) is 0 Å². The summed E-state index contributed by atoms with van der Waals surface area (Å²) in [5, 5.41) is 0. The molecule has 4 heteroatoms. The Morgan fingerprint density at radius 1 is 1.38 bits per heavy atom. The van der Waals surface area contributed by atoms with Crippen molar-refractivity contribution in [2.45, 2.75) is 45.1 Å². The first-order valence-electron chi connectivity index (χ1n) is 5.06. The van der Waals surface area contributed by atoms with Crippen molar-refractivity contribution in [3.8, 4) is 0 Å². The number of nitrogens with two attached hydrogens (primary N) is 2. The highest BCUT2D eigenvalue weighted by molar-refractivity contribution is 5.77. The van der Waals surface area contributed by atoms with Gasteiger partial charge in [-0.2, -0.15) is 0 Å². The van der Waals surface area contributed by atoms with Crippen molar-refractivity contribution in [2.75, 3.05) is 0 Å². The zero-order chi connectivity index (χ0) is 9.68. The predicted molar refractivity (Wildman–Crippen MR) is 55.0 cm³/mol. The maximum atomic E-state index is 5.48. The summed E-state index contributed by atoms with van der Waals surface area (Å²) >= 11 is 0. The van der Waals surface area contributed by atoms with E-state index in [4.69, 9.17) is 11.6 Å². The maximum Gasteiger partial charge on any atom is 0.203 e. The third kappa shape index (κ3) is 3.22. The lowest BCUT2D eigenvalue weighted by Crippen LogP contribution is -2.38. The number of hydrogen-bond donors (Lipinski definition) is 3. The Morgan fingerprint density at radius 3 is 2.46 bits per heavy atom. The van der Waals surface area contributed by atoms with E-state index < -0.39 is 0 Å². The third-order valence-electron chi connectivity index (χ3n) is 2.86. The van der Waals surface area contributed by atoms with Crippen LogP contribution in [0.15, 0.2) is 4.99 Å². The molecule has 76 valence electrons. The molecule has 5 N–H and O–H groups in total. The predicted octanol–water partition coefficient (Wildman–Crippen LogP) is 0.733. The van der Waals surface area contributed by atoms with Gasteiger partial charge in [0.1, 0.15) is 0 Å². The Hall–Kier alpha value is -0.770. The van der Waals surface area contributed by atoms with Gasteiger partial charge in [-0.3, -0.25) is 5.43 Å². The van der Waals surface area contributed by atoms with Crippen LogP contribution < -0.4 is 17.0 Å². The average Bonchev–Trinajstić information content (AvgIpc) is 2.19. The molecule has 0 saturated heterocycles. The smallest absolute Gasteiger partial charge is 0.203 e. The second kappa shape index (κ2) is 5.07. The molecule has 4 nitrogen and oxygen atoms in total. The summed E-state index contributed by atoms with van der Waals surface area (Å²) in [6.07, 6.45) is 6.16. The van der Waals surface area contributed by atoms with Crippen molar-refractivity contribution in [1.82, 2.24) is 5.43 Å². The zero-order valence-corrected chi connectivity index (χ0v) is 8.29. The molecule has 1 aliphatic carbocycles. The van der Waals surface area contributed by atoms with Crippen molar-refractivity contribution in [2.24, 2.45) is 22.5 Å². The van der Waals surface area contributed by atoms with Crippen molar-refractivity contribution in [1.29, 1.82) is 0 Å². The largest absolute Gasteiger partial charge is 0.369 e. The van der Waals surface area contributed by atoms with Crippen LogP contribution in [0.4, 0.5) is 0 Å². The van der Waals surface area contributed by atoms with Crippen molar-refractivity contribution >= 4 is 5.96 Å². The molecule has 0 unspecified atom stereocenters. The molecule has 0 aliphatic heterocycles. The molecule has 0 amide bonds. The van der Waals surface area contributed by atoms with Gasteiger partial charge in [0.15, 0.2) is 0 Å². The minimum atomic E-state index is 0.361. The van der Waals surface area contributed by atoms with E-state index in [9.17, 15) is 0 Å². The van der Waals surface area contributed by atoms with Gasteiger partial charge in [0.2, 0.25) is 5.96 Å². The van der Waals surface area contributed by atoms with Crippen LogP contribution in [-0.4, -0.2) is 12.0 Å². The minimum absolute atomic E-state index is 0.361. The number of hydrazine groups is 1. The molecule has 0 spiro atoms. The quantitative estimate of drug-likeness (QED) is 0.256. The molecule has 1 fully saturated rings. The first kappa shape index (κ1) is 10.3. The molecule has 0 radical (unpaired) electrons. The number of guanidine groups is 1. The van der Waals surface area contributed by atoms with Gasteiger partial charge in [0.25, 0.3) is 0 Å². The summed E-state index contributed by atoms with van der Waals surface area (Å²) in [5.74, 6) is 6.40. The van der Waals surface area contributed by atoms with Gasteiger partial charge >= 0.3 is 0 Å². The summed E-state index contributed by atoms with van der Waals surface area (Å²) in [6.45, 7) is 2.25. The van der Waals surface area contributed by atoms with Gasteiger partial charge in [0, 0.05) is 0 Å². The first-order chi connectivity index (χ1) is 6.26. The van der Waals surface area contributed by atoms with Crippen molar-refractivity contribution in [3.63, 3.8) is 0 Å². The Labute approximate surface area is 79.7 Å². The number of nitrogens with one attached hydrogen (secondary N) is 1. The molecule has 0 aromatic rings. The summed E-state index contributed by atoms with van der Waals surface area (Å²) < 4.78 is 0. The van der Waals surface area contributed by atoms with Crippen LogP contribution in [0.25, 0.3) is 0 Å². The molecule has 13 heavy (non-hydrogen) atoms. The Balaban J connectivity index is 2.32. The van der Waals surface area contributed by atoms with Crippen molar-refractivity contribution < 1.29 is 0 Å². The normalized spacial score (nSPS) is 30.2. The fourth-order valence-corrected chi connectivity index (χ4v) is 1.92. The van der Waals surface area contributed by atoms with Crippen LogP contribution in [0.3, 0.4) is 0 Å². The van der Waals surface area contributed by atoms with Crippen LogP contribution in [0.5, 0.6) is 0 Å². The van der Waals surface area contributed by atoms with E-state index in [0.717, 1.165) is 18.8 Å². The fraction of sp³-hybridized carbons (Fsp3) is 0.889. The van der Waals surface area contributed by atoms with E-state index in [1.807, 2.05) is 0 Å². The second-order valence-corrected chi connectivity index (χ2v) is 3.74. The molecule has 0 aromatic carbocycles. The average molecular weight is 184 g/mol. The Morgan fingerprint density at radius 2 is 2.00 bits per heavy atom. The van der Waals surface area contributed by atoms with E-state index in [0.29, 0.717) is 12.0 Å². The lowest BCUT2D eigenvalue weighted by atomic mass is 9.85. The van der Waals surface area contributed by atoms with Gasteiger partial charge in [-0.25, -0.2) is 10.8 Å². The lowest BCUT2D eigenvalue weighted by Gasteiger charge is -2.25. The minimum Gasteiger partial charge on any atom is -0.369 e. The van der Waals surface area contributed by atoms with E-state index >= 15 is 0 Å². The van der Waals surface area contributed by atoms with Crippen LogP contribution >= 0.6 is 0 Å². The third-order valence-corrected chi connectivity index (χ3v) is 2.86. The number of aliphatic imine (C=N–C) groups is 1. The molecular formula is C9H20N4. The molecule has 1 rings (SSSR count). The van der Waals surface area contributed by atoms with Crippen LogP contribution in [0.1, 0.15) is 39.0 Å². The topological polar surface area (TPSA) is 76.4 Å². The van der Waals surface area contributed by atoms with E-state index in [1.54, 1.807) is 0 Å². The first-order valence-corrected chi connectivity index (χ1v) is 5.06. The summed E-state index contributed by atoms with van der Waals surface area (Å²) in [6, 6.07) is 0.388. The molecule has 1 saturated carbocycles. The standard InChI is InChI=1S/C9H20N4/c1-2-7-3-5-8(6-4-7)12-9(10)13-11/h7-8H,2-6,11H2,1H3,(H3,10,12,13). The highest BCUT2D eigenvalue weighted by Gasteiger charge is 2.19. The van der Waals surface area contributed by atoms with E-state index in [2.05, 4.69) is 17.3 Å². The molecular weight excluding hydrogens is 164 g/mol. The lowest BCUT2D eigenvalue weighted by molar-refractivity contribution is 0.320. The van der Waals surface area contributed by atoms with Gasteiger partial charge < -0.3 is 5.73 Å². The van der Waals surface area contributed by atoms with Crippen LogP contribution in [-0.2, 0) is 0 Å². The molecule has 0 atom stereocenters. The maximum absolute atomic E-state index is 5.48. The summed E-state index contributed by atoms with van der Waals surface area (Å²) in [5.41, 5.74) is 7.85. The summed E-state index contributed by atoms with van der Waals surface area (Å²) in [7, 11) is 0. The molecule has 0 heterocycles. The Bertz CT molecular complexity index is 170. The van der Waals surface area contributed by atoms with Crippen LogP contribution in [0.2, 0.25) is 0 Å². The molecule has 1 aliphatic rings. The van der Waals surface area contributed by atoms with Crippen LogP contribution in [0, 0.1) is 5.92 Å². The van der Waals surface area contributed by atoms with E-state index in [-0.39, 0.29) is 0 Å². The number of rotatable bonds is 2. The second-order valence-electron chi connectivity index (χ2n) is 3.74. The van der Waals surface area contributed by atoms with Gasteiger partial charge in [-0.1, -0.05) is 13.3 Å². The van der Waals surface area contributed by atoms with Gasteiger partial charge in [0.05, 0.1) is 6.04 Å². The SMILES string of the molecule is CCC1CCC(N=C(N)NN)CC1. The number of nitrogens with zero attached hydrogens (tertiary/aromatic N) is 1. The highest BCUT2D eigenvalue weighted by Crippen LogP contribution is 2.27. The highest BCUT2D eigenvalue weighted by atomic mass is 15.3. The van der Waals surface area contributed by atoms with E-state index in [1.165, 1.54) is 19.3 Å². The number of hydrogen-bond acceptors (Lipinski definition) is 2. The van der Waals surface area contributed by atoms with Gasteiger partial charge in [-0.15, -0.1) is 0 Å². The zero-order valence-electron chi connectivity index (χ0n) is 8.29. The fourth-order valence-electron chi connectivity index (χ4n) is 1.92. The molecule has 0 aromatic heterocycles. The Kier molecular flexibility index (Phi) is 4.02. The van der Waals surface area contributed by atoms with Gasteiger partial charge in [-0.05, 0) is 31.6 Å². The molecule has 0 bridgehead atoms. The monoisotopic (exact) mass is 184 g/mol. The summed E-state index contributed by atoms with van der Waals surface area (Å²) in [4.78, 5) is 4.28.